The molecule has 2 aliphatic rings. The summed E-state index contributed by atoms with van der Waals surface area (Å²) < 4.78 is 0. The van der Waals surface area contributed by atoms with Crippen molar-refractivity contribution in [2.24, 2.45) is 0 Å². The molecular formula is C14H15N3O2. The summed E-state index contributed by atoms with van der Waals surface area (Å²) in [5.74, 6) is -0.0179. The van der Waals surface area contributed by atoms with Gasteiger partial charge in [-0.05, 0) is 5.56 Å². The SMILES string of the molecule is CN1CC2=C(C1=O)C(c1ccccc1)NC(=O)N2C. The molecule has 5 heteroatoms. The molecule has 19 heavy (non-hydrogen) atoms. The van der Waals surface area contributed by atoms with E-state index in [0.717, 1.165) is 11.3 Å². The number of hydrogen-bond donors (Lipinski definition) is 1. The number of hydrogen-bond acceptors (Lipinski definition) is 2. The van der Waals surface area contributed by atoms with Gasteiger partial charge in [0.1, 0.15) is 0 Å². The summed E-state index contributed by atoms with van der Waals surface area (Å²) in [6.07, 6.45) is 0. The Morgan fingerprint density at radius 3 is 2.53 bits per heavy atom. The molecule has 0 aromatic heterocycles. The zero-order valence-corrected chi connectivity index (χ0v) is 10.9. The van der Waals surface area contributed by atoms with Crippen molar-refractivity contribution in [3.8, 4) is 0 Å². The number of carbonyl (C=O) groups is 2. The maximum atomic E-state index is 12.3. The second kappa shape index (κ2) is 4.12. The first-order chi connectivity index (χ1) is 9.09. The third-order valence-electron chi connectivity index (χ3n) is 3.67. The van der Waals surface area contributed by atoms with Gasteiger partial charge in [0.2, 0.25) is 0 Å². The molecule has 0 saturated carbocycles. The highest BCUT2D eigenvalue weighted by atomic mass is 16.2. The molecule has 0 spiro atoms. The van der Waals surface area contributed by atoms with Crippen molar-refractivity contribution in [1.29, 1.82) is 0 Å². The molecule has 0 radical (unpaired) electrons. The van der Waals surface area contributed by atoms with Gasteiger partial charge >= 0.3 is 6.03 Å². The Balaban J connectivity index is 2.10. The van der Waals surface area contributed by atoms with Crippen molar-refractivity contribution >= 4 is 11.9 Å². The van der Waals surface area contributed by atoms with Crippen LogP contribution in [0.15, 0.2) is 41.6 Å². The number of benzene rings is 1. The summed E-state index contributed by atoms with van der Waals surface area (Å²) in [6, 6.07) is 9.05. The Morgan fingerprint density at radius 2 is 1.84 bits per heavy atom. The van der Waals surface area contributed by atoms with Crippen molar-refractivity contribution in [2.75, 3.05) is 20.6 Å². The minimum atomic E-state index is -0.350. The van der Waals surface area contributed by atoms with E-state index in [9.17, 15) is 9.59 Å². The summed E-state index contributed by atoms with van der Waals surface area (Å²) in [5.41, 5.74) is 2.40. The first kappa shape index (κ1) is 11.8. The lowest BCUT2D eigenvalue weighted by Crippen LogP contribution is -2.45. The zero-order valence-electron chi connectivity index (χ0n) is 10.9. The first-order valence-electron chi connectivity index (χ1n) is 6.17. The Bertz CT molecular complexity index is 580. The van der Waals surface area contributed by atoms with Crippen LogP contribution in [0.5, 0.6) is 0 Å². The topological polar surface area (TPSA) is 52.7 Å². The summed E-state index contributed by atoms with van der Waals surface area (Å²) >= 11 is 0. The van der Waals surface area contributed by atoms with Gasteiger partial charge in [-0.2, -0.15) is 0 Å². The fourth-order valence-corrected chi connectivity index (χ4v) is 2.60. The van der Waals surface area contributed by atoms with Gasteiger partial charge in [-0.1, -0.05) is 30.3 Å². The molecule has 5 nitrogen and oxygen atoms in total. The van der Waals surface area contributed by atoms with E-state index in [0.29, 0.717) is 12.1 Å². The van der Waals surface area contributed by atoms with E-state index in [1.807, 2.05) is 30.3 Å². The van der Waals surface area contributed by atoms with Gasteiger partial charge in [0.25, 0.3) is 5.91 Å². The number of rotatable bonds is 1. The summed E-state index contributed by atoms with van der Waals surface area (Å²) in [5, 5.41) is 2.89. The van der Waals surface area contributed by atoms with Crippen LogP contribution in [0, 0.1) is 0 Å². The van der Waals surface area contributed by atoms with Crippen LogP contribution in [0.4, 0.5) is 4.79 Å². The molecule has 1 unspecified atom stereocenters. The standard InChI is InChI=1S/C14H15N3O2/c1-16-8-10-11(13(16)18)12(15-14(19)17(10)2)9-6-4-3-5-7-9/h3-7,12H,8H2,1-2H3,(H,15,19). The van der Waals surface area contributed by atoms with Gasteiger partial charge in [0, 0.05) is 14.1 Å². The molecule has 3 amide bonds. The van der Waals surface area contributed by atoms with Gasteiger partial charge in [-0.25, -0.2) is 4.79 Å². The van der Waals surface area contributed by atoms with E-state index in [2.05, 4.69) is 5.32 Å². The molecule has 0 fully saturated rings. The van der Waals surface area contributed by atoms with Crippen LogP contribution in [0.3, 0.4) is 0 Å². The van der Waals surface area contributed by atoms with E-state index >= 15 is 0 Å². The molecule has 1 aromatic rings. The molecule has 98 valence electrons. The monoisotopic (exact) mass is 257 g/mol. The molecular weight excluding hydrogens is 242 g/mol. The normalized spacial score (nSPS) is 22.7. The van der Waals surface area contributed by atoms with Crippen LogP contribution < -0.4 is 5.32 Å². The number of likely N-dealkylation sites (N-methyl/N-ethyl adjacent to an activating group) is 2. The molecule has 0 bridgehead atoms. The smallest absolute Gasteiger partial charge is 0.322 e. The fourth-order valence-electron chi connectivity index (χ4n) is 2.60. The van der Waals surface area contributed by atoms with Gasteiger partial charge in [-0.15, -0.1) is 0 Å². The van der Waals surface area contributed by atoms with Crippen LogP contribution in [0.2, 0.25) is 0 Å². The van der Waals surface area contributed by atoms with E-state index in [4.69, 9.17) is 0 Å². The third kappa shape index (κ3) is 1.69. The largest absolute Gasteiger partial charge is 0.336 e. The summed E-state index contributed by atoms with van der Waals surface area (Å²) in [7, 11) is 3.44. The predicted octanol–water partition coefficient (Wildman–Crippen LogP) is 1.11. The number of nitrogens with zero attached hydrogens (tertiary/aromatic N) is 2. The average Bonchev–Trinajstić information content (AvgIpc) is 2.72. The highest BCUT2D eigenvalue weighted by molar-refractivity contribution is 6.01. The second-order valence-electron chi connectivity index (χ2n) is 4.87. The summed E-state index contributed by atoms with van der Waals surface area (Å²) in [6.45, 7) is 0.488. The number of urea groups is 1. The van der Waals surface area contributed by atoms with Crippen molar-refractivity contribution in [2.45, 2.75) is 6.04 Å². The molecule has 1 aromatic carbocycles. The van der Waals surface area contributed by atoms with Crippen molar-refractivity contribution < 1.29 is 9.59 Å². The maximum Gasteiger partial charge on any atom is 0.322 e. The Labute approximate surface area is 111 Å². The highest BCUT2D eigenvalue weighted by Gasteiger charge is 2.41. The molecule has 3 rings (SSSR count). The highest BCUT2D eigenvalue weighted by Crippen LogP contribution is 2.34. The molecule has 1 N–H and O–H groups in total. The first-order valence-corrected chi connectivity index (χ1v) is 6.17. The Morgan fingerprint density at radius 1 is 1.16 bits per heavy atom. The van der Waals surface area contributed by atoms with Gasteiger partial charge < -0.3 is 10.2 Å². The number of nitrogens with one attached hydrogen (secondary N) is 1. The number of carbonyl (C=O) groups excluding carboxylic acids is 2. The van der Waals surface area contributed by atoms with Crippen LogP contribution in [-0.4, -0.2) is 42.4 Å². The van der Waals surface area contributed by atoms with E-state index in [1.54, 1.807) is 19.0 Å². The average molecular weight is 257 g/mol. The second-order valence-corrected chi connectivity index (χ2v) is 4.87. The lowest BCUT2D eigenvalue weighted by Gasteiger charge is -2.31. The zero-order chi connectivity index (χ0) is 13.6. The predicted molar refractivity (Wildman–Crippen MR) is 70.1 cm³/mol. The number of amides is 3. The Kier molecular flexibility index (Phi) is 2.55. The Hall–Kier alpha value is -2.30. The molecule has 2 aliphatic heterocycles. The van der Waals surface area contributed by atoms with Crippen molar-refractivity contribution in [1.82, 2.24) is 15.1 Å². The van der Waals surface area contributed by atoms with Gasteiger partial charge in [0.15, 0.2) is 0 Å². The van der Waals surface area contributed by atoms with Crippen molar-refractivity contribution in [3.05, 3.63) is 47.2 Å². The lowest BCUT2D eigenvalue weighted by atomic mass is 9.96. The van der Waals surface area contributed by atoms with Crippen LogP contribution in [-0.2, 0) is 4.79 Å². The summed E-state index contributed by atoms with van der Waals surface area (Å²) in [4.78, 5) is 27.4. The van der Waals surface area contributed by atoms with E-state index in [1.165, 1.54) is 4.90 Å². The minimum Gasteiger partial charge on any atom is -0.336 e. The molecule has 2 heterocycles. The van der Waals surface area contributed by atoms with Crippen LogP contribution >= 0.6 is 0 Å². The maximum absolute atomic E-state index is 12.3. The fraction of sp³-hybridized carbons (Fsp3) is 0.286. The van der Waals surface area contributed by atoms with Gasteiger partial charge in [0.05, 0.1) is 23.9 Å². The minimum absolute atomic E-state index is 0.0179. The van der Waals surface area contributed by atoms with E-state index < -0.39 is 0 Å². The molecule has 1 atom stereocenters. The quantitative estimate of drug-likeness (QED) is 0.819. The molecule has 0 saturated heterocycles. The lowest BCUT2D eigenvalue weighted by molar-refractivity contribution is -0.124. The third-order valence-corrected chi connectivity index (χ3v) is 3.67. The van der Waals surface area contributed by atoms with Crippen LogP contribution in [0.1, 0.15) is 11.6 Å². The molecule has 0 aliphatic carbocycles. The van der Waals surface area contributed by atoms with Crippen LogP contribution in [0.25, 0.3) is 0 Å². The van der Waals surface area contributed by atoms with E-state index in [-0.39, 0.29) is 18.0 Å². The van der Waals surface area contributed by atoms with Crippen molar-refractivity contribution in [3.63, 3.8) is 0 Å². The van der Waals surface area contributed by atoms with Gasteiger partial charge in [-0.3, -0.25) is 9.69 Å².